The summed E-state index contributed by atoms with van der Waals surface area (Å²) in [4.78, 5) is 5.69. The van der Waals surface area contributed by atoms with Crippen molar-refractivity contribution in [2.45, 2.75) is 26.3 Å². The first-order chi connectivity index (χ1) is 7.26. The van der Waals surface area contributed by atoms with Gasteiger partial charge in [0, 0.05) is 6.54 Å². The Balaban J connectivity index is 2.47. The van der Waals surface area contributed by atoms with E-state index in [1.165, 1.54) is 18.4 Å². The SMILES string of the molecule is [C-]#[N+]c1ccc(CN(C)CCCC)cc1. The number of hydrogen-bond donors (Lipinski definition) is 0. The molecule has 0 atom stereocenters. The van der Waals surface area contributed by atoms with Gasteiger partial charge in [-0.1, -0.05) is 37.6 Å². The molecule has 0 radical (unpaired) electrons. The van der Waals surface area contributed by atoms with Gasteiger partial charge < -0.3 is 4.90 Å². The minimum Gasteiger partial charge on any atom is -0.302 e. The predicted molar refractivity (Wildman–Crippen MR) is 63.9 cm³/mol. The molecule has 0 amide bonds. The van der Waals surface area contributed by atoms with Gasteiger partial charge in [0.05, 0.1) is 6.57 Å². The molecule has 0 saturated carbocycles. The van der Waals surface area contributed by atoms with Gasteiger partial charge in [0.1, 0.15) is 0 Å². The van der Waals surface area contributed by atoms with Crippen molar-refractivity contribution in [3.05, 3.63) is 41.2 Å². The second-order valence-corrected chi connectivity index (χ2v) is 3.87. The van der Waals surface area contributed by atoms with Gasteiger partial charge in [0.25, 0.3) is 0 Å². The third-order valence-electron chi connectivity index (χ3n) is 2.41. The summed E-state index contributed by atoms with van der Waals surface area (Å²) in [7, 11) is 2.14. The number of hydrogen-bond acceptors (Lipinski definition) is 1. The highest BCUT2D eigenvalue weighted by Crippen LogP contribution is 2.13. The fourth-order valence-electron chi connectivity index (χ4n) is 1.49. The third kappa shape index (κ3) is 4.14. The number of unbranched alkanes of at least 4 members (excludes halogenated alkanes) is 1. The van der Waals surface area contributed by atoms with E-state index < -0.39 is 0 Å². The molecule has 0 saturated heterocycles. The Bertz CT molecular complexity index is 321. The predicted octanol–water partition coefficient (Wildman–Crippen LogP) is 3.47. The standard InChI is InChI=1S/C13H18N2/c1-4-5-10-15(3)11-12-6-8-13(14-2)9-7-12/h6-9H,4-5,10-11H2,1,3H3. The lowest BCUT2D eigenvalue weighted by Gasteiger charge is -2.15. The fraction of sp³-hybridized carbons (Fsp3) is 0.462. The molecule has 0 aliphatic heterocycles. The van der Waals surface area contributed by atoms with Crippen LogP contribution in [0.5, 0.6) is 0 Å². The van der Waals surface area contributed by atoms with Crippen molar-refractivity contribution in [1.29, 1.82) is 0 Å². The molecule has 0 bridgehead atoms. The summed E-state index contributed by atoms with van der Waals surface area (Å²) in [5.74, 6) is 0. The largest absolute Gasteiger partial charge is 0.302 e. The summed E-state index contributed by atoms with van der Waals surface area (Å²) in [6.45, 7) is 11.2. The Kier molecular flexibility index (Phi) is 4.86. The zero-order valence-corrected chi connectivity index (χ0v) is 9.53. The van der Waals surface area contributed by atoms with E-state index in [-0.39, 0.29) is 0 Å². The van der Waals surface area contributed by atoms with E-state index in [0.29, 0.717) is 0 Å². The molecule has 2 heteroatoms. The second-order valence-electron chi connectivity index (χ2n) is 3.87. The number of rotatable bonds is 5. The zero-order chi connectivity index (χ0) is 11.1. The smallest absolute Gasteiger partial charge is 0.187 e. The van der Waals surface area contributed by atoms with Crippen molar-refractivity contribution in [1.82, 2.24) is 4.90 Å². The number of nitrogens with zero attached hydrogens (tertiary/aromatic N) is 2. The number of benzene rings is 1. The zero-order valence-electron chi connectivity index (χ0n) is 9.53. The van der Waals surface area contributed by atoms with Crippen LogP contribution in [0.3, 0.4) is 0 Å². The molecule has 2 nitrogen and oxygen atoms in total. The highest BCUT2D eigenvalue weighted by Gasteiger charge is 1.99. The lowest BCUT2D eigenvalue weighted by atomic mass is 10.2. The molecule has 1 rings (SSSR count). The Morgan fingerprint density at radius 3 is 2.47 bits per heavy atom. The van der Waals surface area contributed by atoms with Crippen LogP contribution in [0.15, 0.2) is 24.3 Å². The van der Waals surface area contributed by atoms with E-state index in [2.05, 4.69) is 23.7 Å². The Hall–Kier alpha value is -1.33. The van der Waals surface area contributed by atoms with Crippen LogP contribution in [0.25, 0.3) is 4.85 Å². The maximum Gasteiger partial charge on any atom is 0.187 e. The molecule has 0 aliphatic carbocycles. The van der Waals surface area contributed by atoms with E-state index in [9.17, 15) is 0 Å². The van der Waals surface area contributed by atoms with E-state index >= 15 is 0 Å². The van der Waals surface area contributed by atoms with Crippen molar-refractivity contribution >= 4 is 5.69 Å². The van der Waals surface area contributed by atoms with E-state index in [1.54, 1.807) is 0 Å². The first-order valence-corrected chi connectivity index (χ1v) is 5.41. The molecule has 15 heavy (non-hydrogen) atoms. The van der Waals surface area contributed by atoms with Gasteiger partial charge in [-0.15, -0.1) is 0 Å². The molecule has 0 heterocycles. The van der Waals surface area contributed by atoms with Crippen LogP contribution in [0.4, 0.5) is 5.69 Å². The topological polar surface area (TPSA) is 7.60 Å². The van der Waals surface area contributed by atoms with Crippen molar-refractivity contribution in [2.24, 2.45) is 0 Å². The van der Waals surface area contributed by atoms with Crippen LogP contribution in [0.2, 0.25) is 0 Å². The normalized spacial score (nSPS) is 10.3. The maximum atomic E-state index is 6.86. The van der Waals surface area contributed by atoms with Crippen molar-refractivity contribution in [3.63, 3.8) is 0 Å². The van der Waals surface area contributed by atoms with Crippen LogP contribution in [0, 0.1) is 6.57 Å². The molecule has 0 spiro atoms. The van der Waals surface area contributed by atoms with Crippen LogP contribution < -0.4 is 0 Å². The molecule has 0 aliphatic rings. The van der Waals surface area contributed by atoms with Crippen LogP contribution in [-0.2, 0) is 6.54 Å². The highest BCUT2D eigenvalue weighted by atomic mass is 15.1. The molecule has 0 fully saturated rings. The van der Waals surface area contributed by atoms with Crippen LogP contribution >= 0.6 is 0 Å². The molecular weight excluding hydrogens is 184 g/mol. The third-order valence-corrected chi connectivity index (χ3v) is 2.41. The monoisotopic (exact) mass is 202 g/mol. The molecule has 1 aromatic carbocycles. The molecule has 0 aromatic heterocycles. The van der Waals surface area contributed by atoms with Crippen molar-refractivity contribution in [2.75, 3.05) is 13.6 Å². The summed E-state index contributed by atoms with van der Waals surface area (Å²) in [5.41, 5.74) is 2.00. The van der Waals surface area contributed by atoms with Gasteiger partial charge in [-0.3, -0.25) is 0 Å². The Labute approximate surface area is 92.3 Å². The molecule has 0 N–H and O–H groups in total. The average molecular weight is 202 g/mol. The van der Waals surface area contributed by atoms with Crippen molar-refractivity contribution < 1.29 is 0 Å². The Morgan fingerprint density at radius 1 is 1.27 bits per heavy atom. The van der Waals surface area contributed by atoms with Crippen molar-refractivity contribution in [3.8, 4) is 0 Å². The lowest BCUT2D eigenvalue weighted by Crippen LogP contribution is -2.18. The summed E-state index contributed by atoms with van der Waals surface area (Å²) in [6.07, 6.45) is 2.48. The van der Waals surface area contributed by atoms with Gasteiger partial charge in [-0.25, -0.2) is 4.85 Å². The van der Waals surface area contributed by atoms with Gasteiger partial charge in [-0.2, -0.15) is 0 Å². The summed E-state index contributed by atoms with van der Waals surface area (Å²) in [6, 6.07) is 7.84. The lowest BCUT2D eigenvalue weighted by molar-refractivity contribution is 0.321. The van der Waals surface area contributed by atoms with Gasteiger partial charge >= 0.3 is 0 Å². The van der Waals surface area contributed by atoms with E-state index in [1.807, 2.05) is 24.3 Å². The first-order valence-electron chi connectivity index (χ1n) is 5.41. The minimum atomic E-state index is 0.718. The van der Waals surface area contributed by atoms with Crippen LogP contribution in [-0.4, -0.2) is 18.5 Å². The Morgan fingerprint density at radius 2 is 1.93 bits per heavy atom. The summed E-state index contributed by atoms with van der Waals surface area (Å²) in [5, 5.41) is 0. The van der Waals surface area contributed by atoms with Gasteiger partial charge in [0.2, 0.25) is 0 Å². The summed E-state index contributed by atoms with van der Waals surface area (Å²) >= 11 is 0. The molecule has 80 valence electrons. The fourth-order valence-corrected chi connectivity index (χ4v) is 1.49. The highest BCUT2D eigenvalue weighted by molar-refractivity contribution is 5.45. The van der Waals surface area contributed by atoms with Gasteiger partial charge in [0.15, 0.2) is 5.69 Å². The second kappa shape index (κ2) is 6.21. The first kappa shape index (κ1) is 11.7. The summed E-state index contributed by atoms with van der Waals surface area (Å²) < 4.78 is 0. The van der Waals surface area contributed by atoms with E-state index in [0.717, 1.165) is 18.8 Å². The van der Waals surface area contributed by atoms with Gasteiger partial charge in [-0.05, 0) is 25.6 Å². The van der Waals surface area contributed by atoms with Crippen LogP contribution in [0.1, 0.15) is 25.3 Å². The molecule has 1 aromatic rings. The average Bonchev–Trinajstić information content (AvgIpc) is 2.27. The maximum absolute atomic E-state index is 6.86. The molecule has 0 unspecified atom stereocenters. The quantitative estimate of drug-likeness (QED) is 0.663. The molecular formula is C13H18N2. The van der Waals surface area contributed by atoms with E-state index in [4.69, 9.17) is 6.57 Å². The minimum absolute atomic E-state index is 0.718.